The van der Waals surface area contributed by atoms with Gasteiger partial charge in [-0.2, -0.15) is 0 Å². The summed E-state index contributed by atoms with van der Waals surface area (Å²) in [4.78, 5) is 12.6. The van der Waals surface area contributed by atoms with Crippen LogP contribution < -0.4 is 20.1 Å². The summed E-state index contributed by atoms with van der Waals surface area (Å²) < 4.78 is 10.7. The Morgan fingerprint density at radius 1 is 1.43 bits per heavy atom. The van der Waals surface area contributed by atoms with Crippen molar-refractivity contribution >= 4 is 5.91 Å². The molecule has 3 rings (SSSR count). The average Bonchev–Trinajstić information content (AvgIpc) is 3.15. The standard InChI is InChI=1S/C16H22N2O3/c1-3-16(7-4-8-17-16)15(19)18-11(2)12-5-6-13-14(9-12)21-10-20-13/h5-6,9,11,17H,3-4,7-8,10H2,1-2H3,(H,18,19). The third kappa shape index (κ3) is 2.58. The molecule has 2 aliphatic rings. The molecular weight excluding hydrogens is 268 g/mol. The lowest BCUT2D eigenvalue weighted by atomic mass is 9.92. The maximum absolute atomic E-state index is 12.6. The molecule has 2 N–H and O–H groups in total. The van der Waals surface area contributed by atoms with Gasteiger partial charge in [0.1, 0.15) is 0 Å². The van der Waals surface area contributed by atoms with Crippen LogP contribution in [0.4, 0.5) is 0 Å². The fraction of sp³-hybridized carbons (Fsp3) is 0.562. The second kappa shape index (κ2) is 5.56. The summed E-state index contributed by atoms with van der Waals surface area (Å²) in [5, 5.41) is 6.48. The molecule has 114 valence electrons. The Morgan fingerprint density at radius 2 is 2.24 bits per heavy atom. The molecule has 1 fully saturated rings. The van der Waals surface area contributed by atoms with Crippen molar-refractivity contribution in [2.24, 2.45) is 0 Å². The normalized spacial score (nSPS) is 24.9. The smallest absolute Gasteiger partial charge is 0.240 e. The Kier molecular flexibility index (Phi) is 3.76. The Morgan fingerprint density at radius 3 is 2.95 bits per heavy atom. The van der Waals surface area contributed by atoms with Gasteiger partial charge in [-0.05, 0) is 50.4 Å². The first-order valence-electron chi connectivity index (χ1n) is 7.60. The number of carbonyl (C=O) groups excluding carboxylic acids is 1. The first-order chi connectivity index (χ1) is 10.1. The molecule has 5 heteroatoms. The molecule has 0 aromatic heterocycles. The predicted octanol–water partition coefficient (Wildman–Crippen LogP) is 2.12. The maximum atomic E-state index is 12.6. The largest absolute Gasteiger partial charge is 0.454 e. The van der Waals surface area contributed by atoms with Gasteiger partial charge >= 0.3 is 0 Å². The van der Waals surface area contributed by atoms with Gasteiger partial charge in [-0.25, -0.2) is 0 Å². The number of benzene rings is 1. The first-order valence-corrected chi connectivity index (χ1v) is 7.60. The van der Waals surface area contributed by atoms with Gasteiger partial charge in [0.15, 0.2) is 11.5 Å². The molecule has 2 unspecified atom stereocenters. The highest BCUT2D eigenvalue weighted by Crippen LogP contribution is 2.34. The third-order valence-electron chi connectivity index (χ3n) is 4.53. The summed E-state index contributed by atoms with van der Waals surface area (Å²) >= 11 is 0. The number of rotatable bonds is 4. The zero-order valence-corrected chi connectivity index (χ0v) is 12.6. The molecule has 1 saturated heterocycles. The Bertz CT molecular complexity index is 538. The molecule has 1 amide bonds. The van der Waals surface area contributed by atoms with Gasteiger partial charge in [0.2, 0.25) is 12.7 Å². The lowest BCUT2D eigenvalue weighted by Crippen LogP contribution is -2.53. The van der Waals surface area contributed by atoms with Crippen LogP contribution in [0.2, 0.25) is 0 Å². The van der Waals surface area contributed by atoms with Gasteiger partial charge in [-0.15, -0.1) is 0 Å². The molecular formula is C16H22N2O3. The van der Waals surface area contributed by atoms with E-state index in [0.29, 0.717) is 0 Å². The number of fused-ring (bicyclic) bond motifs is 1. The average molecular weight is 290 g/mol. The van der Waals surface area contributed by atoms with Crippen LogP contribution in [0.15, 0.2) is 18.2 Å². The molecule has 2 atom stereocenters. The Labute approximate surface area is 125 Å². The predicted molar refractivity (Wildman–Crippen MR) is 79.4 cm³/mol. The van der Waals surface area contributed by atoms with E-state index in [1.54, 1.807) is 0 Å². The van der Waals surface area contributed by atoms with E-state index in [-0.39, 0.29) is 18.7 Å². The summed E-state index contributed by atoms with van der Waals surface area (Å²) in [6.07, 6.45) is 2.77. The van der Waals surface area contributed by atoms with Crippen molar-refractivity contribution in [3.63, 3.8) is 0 Å². The van der Waals surface area contributed by atoms with E-state index in [0.717, 1.165) is 42.9 Å². The van der Waals surface area contributed by atoms with Crippen LogP contribution in [-0.4, -0.2) is 24.8 Å². The molecule has 0 spiro atoms. The van der Waals surface area contributed by atoms with E-state index in [2.05, 4.69) is 17.6 Å². The second-order valence-corrected chi connectivity index (χ2v) is 5.77. The number of ether oxygens (including phenoxy) is 2. The molecule has 2 heterocycles. The number of carbonyl (C=O) groups is 1. The molecule has 0 aliphatic carbocycles. The van der Waals surface area contributed by atoms with Crippen molar-refractivity contribution in [1.82, 2.24) is 10.6 Å². The van der Waals surface area contributed by atoms with Gasteiger partial charge in [0.05, 0.1) is 11.6 Å². The SMILES string of the molecule is CCC1(C(=O)NC(C)c2ccc3c(c2)OCO3)CCCN1. The zero-order valence-electron chi connectivity index (χ0n) is 12.6. The minimum atomic E-state index is -0.398. The number of nitrogens with one attached hydrogen (secondary N) is 2. The summed E-state index contributed by atoms with van der Waals surface area (Å²) in [7, 11) is 0. The monoisotopic (exact) mass is 290 g/mol. The highest BCUT2D eigenvalue weighted by molar-refractivity contribution is 5.87. The van der Waals surface area contributed by atoms with Crippen molar-refractivity contribution in [2.45, 2.75) is 44.7 Å². The number of hydrogen-bond donors (Lipinski definition) is 2. The van der Waals surface area contributed by atoms with Crippen molar-refractivity contribution < 1.29 is 14.3 Å². The minimum absolute atomic E-state index is 0.0576. The van der Waals surface area contributed by atoms with E-state index in [9.17, 15) is 4.79 Å². The van der Waals surface area contributed by atoms with Crippen LogP contribution in [-0.2, 0) is 4.79 Å². The van der Waals surface area contributed by atoms with E-state index in [1.807, 2.05) is 25.1 Å². The van der Waals surface area contributed by atoms with Crippen molar-refractivity contribution in [3.8, 4) is 11.5 Å². The van der Waals surface area contributed by atoms with Crippen molar-refractivity contribution in [1.29, 1.82) is 0 Å². The zero-order chi connectivity index (χ0) is 14.9. The van der Waals surface area contributed by atoms with Crippen LogP contribution in [0.3, 0.4) is 0 Å². The highest BCUT2D eigenvalue weighted by Gasteiger charge is 2.39. The fourth-order valence-corrected chi connectivity index (χ4v) is 3.06. The highest BCUT2D eigenvalue weighted by atomic mass is 16.7. The quantitative estimate of drug-likeness (QED) is 0.892. The fourth-order valence-electron chi connectivity index (χ4n) is 3.06. The van der Waals surface area contributed by atoms with Gasteiger partial charge in [-0.1, -0.05) is 13.0 Å². The molecule has 0 saturated carbocycles. The summed E-state index contributed by atoms with van der Waals surface area (Å²) in [5.74, 6) is 1.60. The van der Waals surface area contributed by atoms with Crippen LogP contribution in [0.25, 0.3) is 0 Å². The first kappa shape index (κ1) is 14.2. The molecule has 1 aromatic carbocycles. The molecule has 21 heavy (non-hydrogen) atoms. The van der Waals surface area contributed by atoms with E-state index < -0.39 is 5.54 Å². The topological polar surface area (TPSA) is 59.6 Å². The lowest BCUT2D eigenvalue weighted by molar-refractivity contribution is -0.128. The lowest BCUT2D eigenvalue weighted by Gasteiger charge is -2.28. The van der Waals surface area contributed by atoms with Gasteiger partial charge < -0.3 is 20.1 Å². The van der Waals surface area contributed by atoms with Crippen LogP contribution in [0.5, 0.6) is 11.5 Å². The second-order valence-electron chi connectivity index (χ2n) is 5.77. The molecule has 2 aliphatic heterocycles. The third-order valence-corrected chi connectivity index (χ3v) is 4.53. The molecule has 1 aromatic rings. The minimum Gasteiger partial charge on any atom is -0.454 e. The molecule has 5 nitrogen and oxygen atoms in total. The van der Waals surface area contributed by atoms with Crippen LogP contribution in [0.1, 0.15) is 44.7 Å². The van der Waals surface area contributed by atoms with Gasteiger partial charge in [0.25, 0.3) is 0 Å². The van der Waals surface area contributed by atoms with Crippen LogP contribution >= 0.6 is 0 Å². The summed E-state index contributed by atoms with van der Waals surface area (Å²) in [6, 6.07) is 5.74. The number of amides is 1. The molecule has 0 radical (unpaired) electrons. The Hall–Kier alpha value is -1.75. The Balaban J connectivity index is 1.71. The van der Waals surface area contributed by atoms with Crippen LogP contribution in [0, 0.1) is 0 Å². The van der Waals surface area contributed by atoms with Gasteiger partial charge in [-0.3, -0.25) is 4.79 Å². The maximum Gasteiger partial charge on any atom is 0.240 e. The van der Waals surface area contributed by atoms with Crippen molar-refractivity contribution in [2.75, 3.05) is 13.3 Å². The number of hydrogen-bond acceptors (Lipinski definition) is 4. The summed E-state index contributed by atoms with van der Waals surface area (Å²) in [5.41, 5.74) is 0.627. The van der Waals surface area contributed by atoms with E-state index in [4.69, 9.17) is 9.47 Å². The summed E-state index contributed by atoms with van der Waals surface area (Å²) in [6.45, 7) is 5.24. The van der Waals surface area contributed by atoms with E-state index >= 15 is 0 Å². The van der Waals surface area contributed by atoms with Gasteiger partial charge in [0, 0.05) is 0 Å². The van der Waals surface area contributed by atoms with Crippen molar-refractivity contribution in [3.05, 3.63) is 23.8 Å². The van der Waals surface area contributed by atoms with E-state index in [1.165, 1.54) is 0 Å². The molecule has 0 bridgehead atoms.